The van der Waals surface area contributed by atoms with Gasteiger partial charge in [-0.05, 0) is 57.5 Å². The van der Waals surface area contributed by atoms with E-state index in [0.29, 0.717) is 0 Å². The maximum Gasteiger partial charge on any atom is 0.161 e. The summed E-state index contributed by atoms with van der Waals surface area (Å²) in [5.41, 5.74) is 7.35. The second-order valence-corrected chi connectivity index (χ2v) is 6.13. The Hall–Kier alpha value is -1.26. The summed E-state index contributed by atoms with van der Waals surface area (Å²) in [6.07, 6.45) is 3.87. The molecule has 4 heteroatoms. The molecule has 0 radical (unpaired) electrons. The SMILES string of the molecule is COc1ccc(C(C)(N)C(C)N2CCCCC2)cc1OC. The molecule has 21 heavy (non-hydrogen) atoms. The van der Waals surface area contributed by atoms with Crippen molar-refractivity contribution in [1.29, 1.82) is 0 Å². The van der Waals surface area contributed by atoms with Crippen LogP contribution in [0.5, 0.6) is 11.5 Å². The lowest BCUT2D eigenvalue weighted by molar-refractivity contribution is 0.116. The van der Waals surface area contributed by atoms with Gasteiger partial charge in [0.1, 0.15) is 0 Å². The van der Waals surface area contributed by atoms with Gasteiger partial charge in [0, 0.05) is 6.04 Å². The molecule has 1 fully saturated rings. The van der Waals surface area contributed by atoms with Crippen LogP contribution in [0.25, 0.3) is 0 Å². The van der Waals surface area contributed by atoms with Crippen LogP contribution in [0.3, 0.4) is 0 Å². The van der Waals surface area contributed by atoms with Crippen molar-refractivity contribution in [3.63, 3.8) is 0 Å². The van der Waals surface area contributed by atoms with E-state index < -0.39 is 5.54 Å². The Morgan fingerprint density at radius 1 is 1.10 bits per heavy atom. The van der Waals surface area contributed by atoms with Crippen molar-refractivity contribution < 1.29 is 9.47 Å². The molecular formula is C17H28N2O2. The highest BCUT2D eigenvalue weighted by molar-refractivity contribution is 5.45. The zero-order valence-electron chi connectivity index (χ0n) is 13.7. The Bertz CT molecular complexity index is 468. The summed E-state index contributed by atoms with van der Waals surface area (Å²) in [5, 5.41) is 0. The quantitative estimate of drug-likeness (QED) is 0.906. The second kappa shape index (κ2) is 6.67. The van der Waals surface area contributed by atoms with Crippen LogP contribution >= 0.6 is 0 Å². The summed E-state index contributed by atoms with van der Waals surface area (Å²) in [6, 6.07) is 6.26. The maximum absolute atomic E-state index is 6.69. The summed E-state index contributed by atoms with van der Waals surface area (Å²) in [6.45, 7) is 6.61. The van der Waals surface area contributed by atoms with Gasteiger partial charge in [0.2, 0.25) is 0 Å². The highest BCUT2D eigenvalue weighted by Crippen LogP contribution is 2.34. The highest BCUT2D eigenvalue weighted by Gasteiger charge is 2.34. The number of likely N-dealkylation sites (tertiary alicyclic amines) is 1. The van der Waals surface area contributed by atoms with E-state index >= 15 is 0 Å². The fraction of sp³-hybridized carbons (Fsp3) is 0.647. The topological polar surface area (TPSA) is 47.7 Å². The molecule has 0 amide bonds. The summed E-state index contributed by atoms with van der Waals surface area (Å²) in [7, 11) is 3.30. The van der Waals surface area contributed by atoms with Gasteiger partial charge in [-0.25, -0.2) is 0 Å². The predicted octanol–water partition coefficient (Wildman–Crippen LogP) is 2.75. The lowest BCUT2D eigenvalue weighted by atomic mass is 9.84. The molecule has 2 rings (SSSR count). The normalized spacial score (nSPS) is 20.6. The third-order valence-corrected chi connectivity index (χ3v) is 4.81. The van der Waals surface area contributed by atoms with Gasteiger partial charge < -0.3 is 15.2 Å². The number of nitrogens with two attached hydrogens (primary N) is 1. The molecule has 0 aromatic heterocycles. The van der Waals surface area contributed by atoms with Crippen molar-refractivity contribution >= 4 is 0 Å². The van der Waals surface area contributed by atoms with Gasteiger partial charge in [0.15, 0.2) is 11.5 Å². The van der Waals surface area contributed by atoms with Crippen molar-refractivity contribution in [1.82, 2.24) is 4.90 Å². The number of nitrogens with zero attached hydrogens (tertiary/aromatic N) is 1. The molecule has 1 saturated heterocycles. The molecule has 0 aliphatic carbocycles. The molecule has 0 saturated carbocycles. The predicted molar refractivity (Wildman–Crippen MR) is 86.0 cm³/mol. The molecular weight excluding hydrogens is 264 g/mol. The Labute approximate surface area is 128 Å². The van der Waals surface area contributed by atoms with Gasteiger partial charge in [-0.1, -0.05) is 12.5 Å². The molecule has 2 unspecified atom stereocenters. The van der Waals surface area contributed by atoms with Crippen LogP contribution in [-0.4, -0.2) is 38.3 Å². The third kappa shape index (κ3) is 3.33. The number of hydrogen-bond donors (Lipinski definition) is 1. The fourth-order valence-corrected chi connectivity index (χ4v) is 3.10. The Balaban J connectivity index is 2.25. The highest BCUT2D eigenvalue weighted by atomic mass is 16.5. The van der Waals surface area contributed by atoms with E-state index in [1.165, 1.54) is 19.3 Å². The van der Waals surface area contributed by atoms with E-state index in [2.05, 4.69) is 18.7 Å². The largest absolute Gasteiger partial charge is 0.493 e. The van der Waals surface area contributed by atoms with Gasteiger partial charge >= 0.3 is 0 Å². The van der Waals surface area contributed by atoms with Crippen LogP contribution < -0.4 is 15.2 Å². The third-order valence-electron chi connectivity index (χ3n) is 4.81. The van der Waals surface area contributed by atoms with Crippen LogP contribution in [0.15, 0.2) is 18.2 Å². The first-order chi connectivity index (χ1) is 10.0. The zero-order chi connectivity index (χ0) is 15.5. The summed E-state index contributed by atoms with van der Waals surface area (Å²) < 4.78 is 10.7. The smallest absolute Gasteiger partial charge is 0.161 e. The van der Waals surface area contributed by atoms with Crippen LogP contribution in [0.4, 0.5) is 0 Å². The first-order valence-electron chi connectivity index (χ1n) is 7.76. The Morgan fingerprint density at radius 2 is 1.71 bits per heavy atom. The lowest BCUT2D eigenvalue weighted by Crippen LogP contribution is -2.54. The maximum atomic E-state index is 6.69. The molecule has 1 aromatic rings. The second-order valence-electron chi connectivity index (χ2n) is 6.13. The van der Waals surface area contributed by atoms with Gasteiger partial charge in [-0.3, -0.25) is 4.90 Å². The number of piperidine rings is 1. The van der Waals surface area contributed by atoms with Crippen molar-refractivity contribution in [3.8, 4) is 11.5 Å². The molecule has 118 valence electrons. The van der Waals surface area contributed by atoms with E-state index in [0.717, 1.165) is 30.2 Å². The van der Waals surface area contributed by atoms with Crippen LogP contribution in [0.1, 0.15) is 38.7 Å². The summed E-state index contributed by atoms with van der Waals surface area (Å²) in [5.74, 6) is 1.47. The molecule has 4 nitrogen and oxygen atoms in total. The van der Waals surface area contributed by atoms with E-state index in [-0.39, 0.29) is 6.04 Å². The zero-order valence-corrected chi connectivity index (χ0v) is 13.7. The monoisotopic (exact) mass is 292 g/mol. The molecule has 0 spiro atoms. The first-order valence-corrected chi connectivity index (χ1v) is 7.76. The number of methoxy groups -OCH3 is 2. The number of ether oxygens (including phenoxy) is 2. The van der Waals surface area contributed by atoms with Gasteiger partial charge in [-0.15, -0.1) is 0 Å². The Kier molecular flexibility index (Phi) is 5.12. The van der Waals surface area contributed by atoms with Crippen molar-refractivity contribution in [3.05, 3.63) is 23.8 Å². The molecule has 2 atom stereocenters. The molecule has 1 aliphatic heterocycles. The number of benzene rings is 1. The van der Waals surface area contributed by atoms with E-state index in [4.69, 9.17) is 15.2 Å². The van der Waals surface area contributed by atoms with Gasteiger partial charge in [-0.2, -0.15) is 0 Å². The average Bonchev–Trinajstić information content (AvgIpc) is 2.54. The van der Waals surface area contributed by atoms with E-state index in [1.54, 1.807) is 14.2 Å². The summed E-state index contributed by atoms with van der Waals surface area (Å²) >= 11 is 0. The van der Waals surface area contributed by atoms with E-state index in [1.807, 2.05) is 18.2 Å². The molecule has 1 heterocycles. The van der Waals surface area contributed by atoms with Crippen LogP contribution in [0.2, 0.25) is 0 Å². The summed E-state index contributed by atoms with van der Waals surface area (Å²) in [4.78, 5) is 2.50. The van der Waals surface area contributed by atoms with Crippen molar-refractivity contribution in [2.24, 2.45) is 5.73 Å². The molecule has 1 aliphatic rings. The first kappa shape index (κ1) is 16.1. The van der Waals surface area contributed by atoms with E-state index in [9.17, 15) is 0 Å². The van der Waals surface area contributed by atoms with Gasteiger partial charge in [0.05, 0.1) is 19.8 Å². The van der Waals surface area contributed by atoms with Gasteiger partial charge in [0.25, 0.3) is 0 Å². The average molecular weight is 292 g/mol. The van der Waals surface area contributed by atoms with Crippen molar-refractivity contribution in [2.75, 3.05) is 27.3 Å². The Morgan fingerprint density at radius 3 is 2.29 bits per heavy atom. The molecule has 2 N–H and O–H groups in total. The minimum absolute atomic E-state index is 0.288. The number of hydrogen-bond acceptors (Lipinski definition) is 4. The fourth-order valence-electron chi connectivity index (χ4n) is 3.10. The minimum Gasteiger partial charge on any atom is -0.493 e. The molecule has 1 aromatic carbocycles. The molecule has 0 bridgehead atoms. The number of rotatable bonds is 5. The van der Waals surface area contributed by atoms with Crippen LogP contribution in [0, 0.1) is 0 Å². The lowest BCUT2D eigenvalue weighted by Gasteiger charge is -2.42. The standard InChI is InChI=1S/C17H28N2O2/c1-13(19-10-6-5-7-11-19)17(2,18)14-8-9-15(20-3)16(12-14)21-4/h8-9,12-13H,5-7,10-11,18H2,1-4H3. The van der Waals surface area contributed by atoms with Crippen LogP contribution in [-0.2, 0) is 5.54 Å². The minimum atomic E-state index is -0.420. The van der Waals surface area contributed by atoms with Crippen molar-refractivity contribution in [2.45, 2.75) is 44.7 Å².